The molecule has 3 rings (SSSR count). The predicted octanol–water partition coefficient (Wildman–Crippen LogP) is 2.72. The molecule has 0 atom stereocenters. The molecule has 1 aliphatic heterocycles. The van der Waals surface area contributed by atoms with Gasteiger partial charge in [-0.1, -0.05) is 30.7 Å². The van der Waals surface area contributed by atoms with E-state index in [0.717, 1.165) is 51.3 Å². The van der Waals surface area contributed by atoms with Crippen LogP contribution in [0.3, 0.4) is 0 Å². The van der Waals surface area contributed by atoms with Gasteiger partial charge in [0.25, 0.3) is 5.91 Å². The van der Waals surface area contributed by atoms with Crippen molar-refractivity contribution >= 4 is 17.6 Å². The van der Waals surface area contributed by atoms with Crippen LogP contribution in [0.4, 0.5) is 5.82 Å². The van der Waals surface area contributed by atoms with Crippen molar-refractivity contribution in [3.05, 3.63) is 60.3 Å². The number of nitrogens with one attached hydrogen (secondary N) is 1. The van der Waals surface area contributed by atoms with E-state index in [4.69, 9.17) is 0 Å². The Morgan fingerprint density at radius 3 is 2.36 bits per heavy atom. The van der Waals surface area contributed by atoms with Crippen LogP contribution in [0.25, 0.3) is 0 Å². The highest BCUT2D eigenvalue weighted by Crippen LogP contribution is 2.13. The highest BCUT2D eigenvalue weighted by Gasteiger charge is 2.21. The van der Waals surface area contributed by atoms with Crippen LogP contribution in [0.1, 0.15) is 36.0 Å². The number of carbonyl (C=O) groups excluding carboxylic acids is 2. The molecule has 1 fully saturated rings. The Hall–Kier alpha value is -2.89. The molecule has 2 aromatic rings. The minimum absolute atomic E-state index is 0.0394. The third kappa shape index (κ3) is 5.81. The number of rotatable bonds is 8. The number of pyridine rings is 1. The molecule has 1 aliphatic rings. The van der Waals surface area contributed by atoms with Crippen molar-refractivity contribution in [2.24, 2.45) is 0 Å². The van der Waals surface area contributed by atoms with Gasteiger partial charge in [0.05, 0.1) is 0 Å². The van der Waals surface area contributed by atoms with Gasteiger partial charge in [-0.25, -0.2) is 4.98 Å². The van der Waals surface area contributed by atoms with Crippen LogP contribution in [-0.2, 0) is 4.79 Å². The molecule has 1 aromatic carbocycles. The standard InChI is InChI=1S/C22H28N4O2/c27-21(26-17-15-25(16-18-26)20-11-6-8-13-23-20)12-5-2-7-14-24-22(28)19-9-3-1-4-10-19/h1,3-4,6,8-11,13H,2,5,7,12,14-18H2,(H,24,28). The van der Waals surface area contributed by atoms with Gasteiger partial charge < -0.3 is 15.1 Å². The minimum Gasteiger partial charge on any atom is -0.353 e. The van der Waals surface area contributed by atoms with Crippen molar-refractivity contribution in [3.8, 4) is 0 Å². The maximum atomic E-state index is 12.4. The quantitative estimate of drug-likeness (QED) is 0.715. The third-order valence-corrected chi connectivity index (χ3v) is 4.99. The van der Waals surface area contributed by atoms with Crippen LogP contribution in [-0.4, -0.2) is 54.4 Å². The first-order chi connectivity index (χ1) is 13.7. The van der Waals surface area contributed by atoms with Crippen LogP contribution >= 0.6 is 0 Å². The molecule has 0 aliphatic carbocycles. The van der Waals surface area contributed by atoms with Crippen LogP contribution in [0.15, 0.2) is 54.7 Å². The molecule has 0 saturated carbocycles. The van der Waals surface area contributed by atoms with Gasteiger partial charge in [-0.05, 0) is 37.1 Å². The van der Waals surface area contributed by atoms with Crippen LogP contribution < -0.4 is 10.2 Å². The van der Waals surface area contributed by atoms with E-state index in [1.165, 1.54) is 0 Å². The van der Waals surface area contributed by atoms with Gasteiger partial charge in [0, 0.05) is 50.9 Å². The SMILES string of the molecule is O=C(NCCCCCC(=O)N1CCN(c2ccccn2)CC1)c1ccccc1. The average Bonchev–Trinajstić information content (AvgIpc) is 2.77. The topological polar surface area (TPSA) is 65.5 Å². The van der Waals surface area contributed by atoms with E-state index >= 15 is 0 Å². The zero-order chi connectivity index (χ0) is 19.6. The van der Waals surface area contributed by atoms with Crippen molar-refractivity contribution in [2.75, 3.05) is 37.6 Å². The molecule has 6 heteroatoms. The Labute approximate surface area is 166 Å². The third-order valence-electron chi connectivity index (χ3n) is 4.99. The smallest absolute Gasteiger partial charge is 0.251 e. The molecule has 0 spiro atoms. The second-order valence-corrected chi connectivity index (χ2v) is 6.99. The Morgan fingerprint density at radius 2 is 1.64 bits per heavy atom. The Morgan fingerprint density at radius 1 is 0.893 bits per heavy atom. The number of hydrogen-bond donors (Lipinski definition) is 1. The second-order valence-electron chi connectivity index (χ2n) is 6.99. The summed E-state index contributed by atoms with van der Waals surface area (Å²) in [5.41, 5.74) is 0.683. The maximum absolute atomic E-state index is 12.4. The van der Waals surface area contributed by atoms with Crippen LogP contribution in [0.2, 0.25) is 0 Å². The molecule has 1 N–H and O–H groups in total. The Balaban J connectivity index is 1.26. The number of unbranched alkanes of at least 4 members (excludes halogenated alkanes) is 2. The van der Waals surface area contributed by atoms with E-state index in [-0.39, 0.29) is 11.8 Å². The van der Waals surface area contributed by atoms with Gasteiger partial charge in [0.2, 0.25) is 5.91 Å². The highest BCUT2D eigenvalue weighted by molar-refractivity contribution is 5.94. The lowest BCUT2D eigenvalue weighted by Crippen LogP contribution is -2.49. The first-order valence-corrected chi connectivity index (χ1v) is 10.0. The normalized spacial score (nSPS) is 14.0. The number of benzene rings is 1. The molecular formula is C22H28N4O2. The molecule has 1 saturated heterocycles. The summed E-state index contributed by atoms with van der Waals surface area (Å²) in [6, 6.07) is 15.1. The van der Waals surface area contributed by atoms with E-state index < -0.39 is 0 Å². The average molecular weight is 380 g/mol. The van der Waals surface area contributed by atoms with Crippen molar-refractivity contribution in [1.82, 2.24) is 15.2 Å². The lowest BCUT2D eigenvalue weighted by molar-refractivity contribution is -0.131. The number of carbonyl (C=O) groups is 2. The zero-order valence-electron chi connectivity index (χ0n) is 16.2. The molecule has 148 valence electrons. The first-order valence-electron chi connectivity index (χ1n) is 10.0. The molecule has 0 radical (unpaired) electrons. The monoisotopic (exact) mass is 380 g/mol. The minimum atomic E-state index is -0.0394. The lowest BCUT2D eigenvalue weighted by Gasteiger charge is -2.35. The van der Waals surface area contributed by atoms with E-state index in [0.29, 0.717) is 18.5 Å². The molecule has 0 unspecified atom stereocenters. The molecule has 0 bridgehead atoms. The molecule has 1 aromatic heterocycles. The van der Waals surface area contributed by atoms with E-state index in [1.54, 1.807) is 6.20 Å². The summed E-state index contributed by atoms with van der Waals surface area (Å²) in [5.74, 6) is 1.17. The van der Waals surface area contributed by atoms with Crippen molar-refractivity contribution in [2.45, 2.75) is 25.7 Å². The van der Waals surface area contributed by atoms with Gasteiger partial charge in [-0.15, -0.1) is 0 Å². The summed E-state index contributed by atoms with van der Waals surface area (Å²) in [6.45, 7) is 3.80. The predicted molar refractivity (Wildman–Crippen MR) is 110 cm³/mol. The Kier molecular flexibility index (Phi) is 7.41. The number of anilines is 1. The van der Waals surface area contributed by atoms with Gasteiger partial charge in [-0.3, -0.25) is 9.59 Å². The number of hydrogen-bond acceptors (Lipinski definition) is 4. The van der Waals surface area contributed by atoms with Crippen LogP contribution in [0.5, 0.6) is 0 Å². The highest BCUT2D eigenvalue weighted by atomic mass is 16.2. The van der Waals surface area contributed by atoms with Crippen LogP contribution in [0, 0.1) is 0 Å². The number of piperazine rings is 1. The summed E-state index contributed by atoms with van der Waals surface area (Å²) >= 11 is 0. The molecule has 28 heavy (non-hydrogen) atoms. The fourth-order valence-electron chi connectivity index (χ4n) is 3.36. The van der Waals surface area contributed by atoms with Crippen molar-refractivity contribution < 1.29 is 9.59 Å². The van der Waals surface area contributed by atoms with E-state index in [1.807, 2.05) is 53.4 Å². The van der Waals surface area contributed by atoms with Gasteiger partial charge >= 0.3 is 0 Å². The lowest BCUT2D eigenvalue weighted by atomic mass is 10.1. The largest absolute Gasteiger partial charge is 0.353 e. The van der Waals surface area contributed by atoms with E-state index in [9.17, 15) is 9.59 Å². The fraction of sp³-hybridized carbons (Fsp3) is 0.409. The maximum Gasteiger partial charge on any atom is 0.251 e. The molecule has 6 nitrogen and oxygen atoms in total. The van der Waals surface area contributed by atoms with Crippen molar-refractivity contribution in [3.63, 3.8) is 0 Å². The first kappa shape index (κ1) is 19.9. The number of amides is 2. The van der Waals surface area contributed by atoms with Gasteiger partial charge in [0.1, 0.15) is 5.82 Å². The number of aromatic nitrogens is 1. The fourth-order valence-corrected chi connectivity index (χ4v) is 3.36. The summed E-state index contributed by atoms with van der Waals surface area (Å²) in [6.07, 6.45) is 5.07. The summed E-state index contributed by atoms with van der Waals surface area (Å²) < 4.78 is 0. The summed E-state index contributed by atoms with van der Waals surface area (Å²) in [5, 5.41) is 2.93. The molecule has 2 heterocycles. The summed E-state index contributed by atoms with van der Waals surface area (Å²) in [7, 11) is 0. The number of nitrogens with zero attached hydrogens (tertiary/aromatic N) is 3. The molecule has 2 amide bonds. The second kappa shape index (κ2) is 10.4. The van der Waals surface area contributed by atoms with Crippen molar-refractivity contribution in [1.29, 1.82) is 0 Å². The van der Waals surface area contributed by atoms with Gasteiger partial charge in [0.15, 0.2) is 0 Å². The van der Waals surface area contributed by atoms with E-state index in [2.05, 4.69) is 15.2 Å². The zero-order valence-corrected chi connectivity index (χ0v) is 16.2. The van der Waals surface area contributed by atoms with Gasteiger partial charge in [-0.2, -0.15) is 0 Å². The molecular weight excluding hydrogens is 352 g/mol. The summed E-state index contributed by atoms with van der Waals surface area (Å²) in [4.78, 5) is 32.9. The Bertz CT molecular complexity index is 744.